The second-order valence-corrected chi connectivity index (χ2v) is 12.2. The molecule has 0 N–H and O–H groups in total. The molecule has 0 bridgehead atoms. The van der Waals surface area contributed by atoms with Crippen LogP contribution in [0.4, 0.5) is 11.4 Å². The minimum atomic E-state index is -3.62. The predicted molar refractivity (Wildman–Crippen MR) is 151 cm³/mol. The quantitative estimate of drug-likeness (QED) is 0.495. The fourth-order valence-corrected chi connectivity index (χ4v) is 6.98. The maximum Gasteiger partial charge on any atom is 0.297 e. The van der Waals surface area contributed by atoms with Crippen molar-refractivity contribution in [3.05, 3.63) is 75.7 Å². The Morgan fingerprint density at radius 3 is 2.03 bits per heavy atom. The maximum absolute atomic E-state index is 13.8. The van der Waals surface area contributed by atoms with Crippen molar-refractivity contribution >= 4 is 21.4 Å². The number of likely N-dealkylation sites (N-methyl/N-ethyl adjacent to an activating group) is 1. The highest BCUT2D eigenvalue weighted by Crippen LogP contribution is 2.30. The third-order valence-electron chi connectivity index (χ3n) is 7.74. The van der Waals surface area contributed by atoms with Gasteiger partial charge >= 0.3 is 0 Å². The van der Waals surface area contributed by atoms with E-state index in [4.69, 9.17) is 0 Å². The zero-order chi connectivity index (χ0) is 27.0. The molecule has 38 heavy (non-hydrogen) atoms. The molecule has 2 aromatic carbocycles. The van der Waals surface area contributed by atoms with Gasteiger partial charge in [-0.05, 0) is 62.7 Å². The maximum atomic E-state index is 13.8. The molecule has 10 heteroatoms. The molecule has 0 spiro atoms. The topological polar surface area (TPSA) is 82.0 Å². The number of sulfonamides is 1. The van der Waals surface area contributed by atoms with Crippen molar-refractivity contribution < 1.29 is 8.42 Å². The lowest BCUT2D eigenvalue weighted by atomic mass is 10.1. The number of piperazine rings is 2. The first-order valence-electron chi connectivity index (χ1n) is 13.1. The van der Waals surface area contributed by atoms with Gasteiger partial charge in [0.25, 0.3) is 5.56 Å². The number of rotatable bonds is 5. The normalized spacial score (nSPS) is 17.7. The smallest absolute Gasteiger partial charge is 0.297 e. The molecule has 202 valence electrons. The van der Waals surface area contributed by atoms with Gasteiger partial charge in [0.05, 0.1) is 22.5 Å². The fourth-order valence-electron chi connectivity index (χ4n) is 5.27. The lowest BCUT2D eigenvalue weighted by molar-refractivity contribution is 0.312. The molecule has 0 atom stereocenters. The van der Waals surface area contributed by atoms with E-state index in [1.165, 1.54) is 4.68 Å². The highest BCUT2D eigenvalue weighted by Gasteiger charge is 2.32. The van der Waals surface area contributed by atoms with Gasteiger partial charge in [-0.1, -0.05) is 24.3 Å². The molecular formula is C28H36N6O3S. The Balaban J connectivity index is 1.44. The Hall–Kier alpha value is -3.21. The summed E-state index contributed by atoms with van der Waals surface area (Å²) in [5, 5.41) is 4.53. The second kappa shape index (κ2) is 10.5. The van der Waals surface area contributed by atoms with E-state index < -0.39 is 10.0 Å². The molecule has 0 unspecified atom stereocenters. The molecule has 1 aromatic heterocycles. The highest BCUT2D eigenvalue weighted by atomic mass is 32.2. The number of para-hydroxylation sites is 1. The molecule has 5 rings (SSSR count). The first-order chi connectivity index (χ1) is 18.2. The van der Waals surface area contributed by atoms with E-state index in [0.29, 0.717) is 36.8 Å². The third-order valence-corrected chi connectivity index (χ3v) is 9.78. The van der Waals surface area contributed by atoms with E-state index in [1.807, 2.05) is 57.2 Å². The molecule has 2 saturated heterocycles. The summed E-state index contributed by atoms with van der Waals surface area (Å²) < 4.78 is 30.1. The summed E-state index contributed by atoms with van der Waals surface area (Å²) in [6.45, 7) is 10.7. The van der Waals surface area contributed by atoms with Crippen molar-refractivity contribution in [2.24, 2.45) is 0 Å². The molecule has 2 aliphatic rings. The lowest BCUT2D eigenvalue weighted by Gasteiger charge is -2.39. The van der Waals surface area contributed by atoms with Crippen LogP contribution in [-0.2, 0) is 10.0 Å². The van der Waals surface area contributed by atoms with Crippen molar-refractivity contribution in [1.29, 1.82) is 0 Å². The van der Waals surface area contributed by atoms with Gasteiger partial charge in [-0.2, -0.15) is 14.1 Å². The van der Waals surface area contributed by atoms with Gasteiger partial charge < -0.3 is 14.7 Å². The molecule has 0 aliphatic carbocycles. The van der Waals surface area contributed by atoms with Gasteiger partial charge in [-0.15, -0.1) is 0 Å². The van der Waals surface area contributed by atoms with Gasteiger partial charge in [0.1, 0.15) is 5.69 Å². The van der Waals surface area contributed by atoms with Crippen molar-refractivity contribution in [3.8, 4) is 5.69 Å². The molecule has 2 aliphatic heterocycles. The minimum Gasteiger partial charge on any atom is -0.366 e. The van der Waals surface area contributed by atoms with E-state index in [9.17, 15) is 13.2 Å². The van der Waals surface area contributed by atoms with Crippen molar-refractivity contribution in [2.75, 3.05) is 69.2 Å². The van der Waals surface area contributed by atoms with Crippen LogP contribution in [0.3, 0.4) is 0 Å². The number of benzene rings is 2. The van der Waals surface area contributed by atoms with Gasteiger partial charge in [0.2, 0.25) is 10.0 Å². The summed E-state index contributed by atoms with van der Waals surface area (Å²) in [4.78, 5) is 20.7. The van der Waals surface area contributed by atoms with Crippen LogP contribution < -0.4 is 15.4 Å². The first-order valence-corrected chi connectivity index (χ1v) is 14.5. The molecule has 2 fully saturated rings. The number of anilines is 2. The molecule has 3 heterocycles. The van der Waals surface area contributed by atoms with Crippen molar-refractivity contribution in [3.63, 3.8) is 0 Å². The van der Waals surface area contributed by atoms with Crippen LogP contribution in [0.2, 0.25) is 0 Å². The molecule has 0 radical (unpaired) electrons. The molecule has 0 amide bonds. The van der Waals surface area contributed by atoms with Gasteiger partial charge in [0, 0.05) is 52.4 Å². The zero-order valence-corrected chi connectivity index (χ0v) is 23.4. The monoisotopic (exact) mass is 536 g/mol. The largest absolute Gasteiger partial charge is 0.366 e. The average molecular weight is 537 g/mol. The Morgan fingerprint density at radius 2 is 1.37 bits per heavy atom. The number of hydrogen-bond donors (Lipinski definition) is 0. The van der Waals surface area contributed by atoms with Gasteiger partial charge in [-0.25, -0.2) is 8.42 Å². The lowest BCUT2D eigenvalue weighted by Crippen LogP contribution is -2.51. The van der Waals surface area contributed by atoms with E-state index in [-0.39, 0.29) is 5.56 Å². The molecular weight excluding hydrogens is 500 g/mol. The van der Waals surface area contributed by atoms with Crippen LogP contribution in [0.1, 0.15) is 16.7 Å². The fraction of sp³-hybridized carbons (Fsp3) is 0.429. The number of nitrogens with zero attached hydrogens (tertiary/aromatic N) is 6. The Kier molecular flexibility index (Phi) is 7.30. The van der Waals surface area contributed by atoms with Crippen LogP contribution in [0.25, 0.3) is 5.69 Å². The first kappa shape index (κ1) is 26.4. The van der Waals surface area contributed by atoms with E-state index in [2.05, 4.69) is 26.8 Å². The van der Waals surface area contributed by atoms with Crippen LogP contribution >= 0.6 is 0 Å². The number of hydrogen-bond acceptors (Lipinski definition) is 7. The SMILES string of the molecule is Cc1cc(C)c(S(=O)(=O)N2CCN(c3cnn(-c4ccccc4)c(=O)c3N3CCN(C)CC3)CC2)cc1C. The van der Waals surface area contributed by atoms with Crippen molar-refractivity contribution in [2.45, 2.75) is 25.7 Å². The molecule has 9 nitrogen and oxygen atoms in total. The van der Waals surface area contributed by atoms with Crippen molar-refractivity contribution in [1.82, 2.24) is 19.0 Å². The Bertz CT molecular complexity index is 1470. The van der Waals surface area contributed by atoms with Crippen LogP contribution in [0.15, 0.2) is 58.4 Å². The van der Waals surface area contributed by atoms with Gasteiger partial charge in [0.15, 0.2) is 0 Å². The number of aromatic nitrogens is 2. The summed E-state index contributed by atoms with van der Waals surface area (Å²) in [7, 11) is -1.53. The van der Waals surface area contributed by atoms with E-state index in [0.717, 1.165) is 54.2 Å². The summed E-state index contributed by atoms with van der Waals surface area (Å²) in [6, 6.07) is 13.2. The standard InChI is InChI=1S/C28H36N6O3S/c1-21-18-23(3)26(19-22(21)2)38(36,37)33-16-14-31(15-17-33)25-20-29-34(24-8-6-5-7-9-24)28(35)27(25)32-12-10-30(4)11-13-32/h5-9,18-20H,10-17H2,1-4H3. The summed E-state index contributed by atoms with van der Waals surface area (Å²) in [5.41, 5.74) is 4.79. The molecule has 3 aromatic rings. The Morgan fingerprint density at radius 1 is 0.763 bits per heavy atom. The highest BCUT2D eigenvalue weighted by molar-refractivity contribution is 7.89. The minimum absolute atomic E-state index is 0.154. The van der Waals surface area contributed by atoms with Crippen LogP contribution in [0.5, 0.6) is 0 Å². The third kappa shape index (κ3) is 4.95. The van der Waals surface area contributed by atoms with Gasteiger partial charge in [-0.3, -0.25) is 4.79 Å². The van der Waals surface area contributed by atoms with E-state index in [1.54, 1.807) is 16.6 Å². The number of aryl methyl sites for hydroxylation is 3. The van der Waals surface area contributed by atoms with Crippen LogP contribution in [0, 0.1) is 20.8 Å². The summed E-state index contributed by atoms with van der Waals surface area (Å²) >= 11 is 0. The zero-order valence-electron chi connectivity index (χ0n) is 22.6. The molecule has 0 saturated carbocycles. The average Bonchev–Trinajstić information content (AvgIpc) is 2.91. The Labute approximate surface area is 224 Å². The van der Waals surface area contributed by atoms with Crippen LogP contribution in [-0.4, -0.2) is 86.8 Å². The second-order valence-electron chi connectivity index (χ2n) is 10.3. The predicted octanol–water partition coefficient (Wildman–Crippen LogP) is 2.42. The summed E-state index contributed by atoms with van der Waals surface area (Å²) in [5.74, 6) is 0. The van der Waals surface area contributed by atoms with E-state index >= 15 is 0 Å². The summed E-state index contributed by atoms with van der Waals surface area (Å²) in [6.07, 6.45) is 1.76.